The van der Waals surface area contributed by atoms with Gasteiger partial charge < -0.3 is 5.32 Å². The van der Waals surface area contributed by atoms with Gasteiger partial charge in [-0.3, -0.25) is 4.79 Å². The normalized spacial score (nSPS) is 13.3. The number of halogens is 2. The molecule has 6 nitrogen and oxygen atoms in total. The molecular formula is C8H15Cl2NO5S2. The molecule has 0 heterocycles. The lowest BCUT2D eigenvalue weighted by molar-refractivity contribution is -0.120. The minimum Gasteiger partial charge on any atom is -0.357 e. The molecule has 0 fully saturated rings. The van der Waals surface area contributed by atoms with Crippen molar-refractivity contribution in [3.63, 3.8) is 0 Å². The summed E-state index contributed by atoms with van der Waals surface area (Å²) in [6, 6.07) is 0. The van der Waals surface area contributed by atoms with E-state index in [0.29, 0.717) is 0 Å². The molecule has 0 bridgehead atoms. The second-order valence-electron chi connectivity index (χ2n) is 3.54. The van der Waals surface area contributed by atoms with E-state index in [4.69, 9.17) is 23.2 Å². The van der Waals surface area contributed by atoms with Crippen molar-refractivity contribution >= 4 is 48.8 Å². The van der Waals surface area contributed by atoms with Crippen molar-refractivity contribution < 1.29 is 21.6 Å². The van der Waals surface area contributed by atoms with Crippen molar-refractivity contribution in [2.24, 2.45) is 0 Å². The summed E-state index contributed by atoms with van der Waals surface area (Å²) in [4.78, 5) is 11.7. The third kappa shape index (κ3) is 3.09. The molecule has 0 aliphatic rings. The summed E-state index contributed by atoms with van der Waals surface area (Å²) in [6.07, 6.45) is 0. The SMILES string of the molecule is CNC(=O)C(C)(S(=O)(=O)CCCl)S(=O)(=O)CCCl. The first-order valence-electron chi connectivity index (χ1n) is 4.89. The standard InChI is InChI=1S/C8H15Cl2NO5S2/c1-8(7(12)11-2,17(13,14)5-3-9)18(15,16)6-4-10/h3-6H2,1-2H3,(H,11,12). The van der Waals surface area contributed by atoms with Crippen molar-refractivity contribution in [1.29, 1.82) is 0 Å². The summed E-state index contributed by atoms with van der Waals surface area (Å²) in [5, 5.41) is 2.05. The van der Waals surface area contributed by atoms with E-state index in [1.807, 2.05) is 0 Å². The average Bonchev–Trinajstić information content (AvgIpc) is 2.26. The van der Waals surface area contributed by atoms with Gasteiger partial charge in [-0.05, 0) is 6.92 Å². The third-order valence-corrected chi connectivity index (χ3v) is 9.10. The van der Waals surface area contributed by atoms with E-state index in [2.05, 4.69) is 5.32 Å². The van der Waals surface area contributed by atoms with Gasteiger partial charge in [0, 0.05) is 18.8 Å². The van der Waals surface area contributed by atoms with Gasteiger partial charge in [0.2, 0.25) is 4.08 Å². The highest BCUT2D eigenvalue weighted by Gasteiger charge is 2.55. The first-order chi connectivity index (χ1) is 8.10. The topological polar surface area (TPSA) is 97.4 Å². The van der Waals surface area contributed by atoms with Gasteiger partial charge in [0.05, 0.1) is 11.5 Å². The number of carbonyl (C=O) groups excluding carboxylic acids is 1. The minimum absolute atomic E-state index is 0.300. The molecule has 0 aliphatic heterocycles. The van der Waals surface area contributed by atoms with E-state index in [1.54, 1.807) is 0 Å². The number of hydrogen-bond acceptors (Lipinski definition) is 5. The summed E-state index contributed by atoms with van der Waals surface area (Å²) in [5.74, 6) is -2.94. The highest BCUT2D eigenvalue weighted by Crippen LogP contribution is 2.27. The van der Waals surface area contributed by atoms with Gasteiger partial charge in [-0.2, -0.15) is 0 Å². The Morgan fingerprint density at radius 3 is 1.61 bits per heavy atom. The van der Waals surface area contributed by atoms with Gasteiger partial charge in [-0.1, -0.05) is 0 Å². The Hall–Kier alpha value is -0.0500. The second-order valence-corrected chi connectivity index (χ2v) is 9.46. The quantitative estimate of drug-likeness (QED) is 0.645. The Kier molecular flexibility index (Phi) is 6.39. The van der Waals surface area contributed by atoms with Crippen LogP contribution in [0.4, 0.5) is 0 Å². The summed E-state index contributed by atoms with van der Waals surface area (Å²) >= 11 is 10.7. The number of carbonyl (C=O) groups is 1. The van der Waals surface area contributed by atoms with Crippen LogP contribution in [0.3, 0.4) is 0 Å². The zero-order valence-electron chi connectivity index (χ0n) is 9.94. The van der Waals surface area contributed by atoms with E-state index in [1.165, 1.54) is 0 Å². The van der Waals surface area contributed by atoms with Crippen molar-refractivity contribution in [2.75, 3.05) is 30.3 Å². The molecule has 0 atom stereocenters. The van der Waals surface area contributed by atoms with E-state index in [-0.39, 0.29) is 11.8 Å². The van der Waals surface area contributed by atoms with Crippen LogP contribution >= 0.6 is 23.2 Å². The number of amides is 1. The third-order valence-electron chi connectivity index (χ3n) is 2.52. The molecule has 0 aromatic heterocycles. The lowest BCUT2D eigenvalue weighted by atomic mass is 10.4. The zero-order valence-corrected chi connectivity index (χ0v) is 13.1. The van der Waals surface area contributed by atoms with Crippen molar-refractivity contribution in [2.45, 2.75) is 11.0 Å². The van der Waals surface area contributed by atoms with Crippen LogP contribution in [0.1, 0.15) is 6.92 Å². The summed E-state index contributed by atoms with van der Waals surface area (Å²) in [7, 11) is -7.35. The summed E-state index contributed by atoms with van der Waals surface area (Å²) in [5.41, 5.74) is 0. The van der Waals surface area contributed by atoms with E-state index in [9.17, 15) is 21.6 Å². The van der Waals surface area contributed by atoms with Crippen LogP contribution in [0, 0.1) is 0 Å². The number of nitrogens with one attached hydrogen (secondary N) is 1. The van der Waals surface area contributed by atoms with Crippen LogP contribution in [-0.2, 0) is 24.5 Å². The molecule has 0 saturated carbocycles. The van der Waals surface area contributed by atoms with E-state index >= 15 is 0 Å². The molecule has 0 radical (unpaired) electrons. The van der Waals surface area contributed by atoms with E-state index in [0.717, 1.165) is 14.0 Å². The maximum atomic E-state index is 12.0. The fourth-order valence-corrected chi connectivity index (χ4v) is 6.52. The van der Waals surface area contributed by atoms with Crippen molar-refractivity contribution in [3.8, 4) is 0 Å². The van der Waals surface area contributed by atoms with Gasteiger partial charge in [-0.25, -0.2) is 16.8 Å². The lowest BCUT2D eigenvalue weighted by Crippen LogP contribution is -2.56. The Morgan fingerprint density at radius 1 is 1.06 bits per heavy atom. The van der Waals surface area contributed by atoms with Crippen molar-refractivity contribution in [3.05, 3.63) is 0 Å². The molecular weight excluding hydrogens is 325 g/mol. The molecule has 0 unspecified atom stereocenters. The number of rotatable bonds is 7. The van der Waals surface area contributed by atoms with Crippen LogP contribution < -0.4 is 5.32 Å². The molecule has 18 heavy (non-hydrogen) atoms. The summed E-state index contributed by atoms with van der Waals surface area (Å²) in [6.45, 7) is 0.857. The minimum atomic E-state index is -4.25. The first-order valence-corrected chi connectivity index (χ1v) is 9.26. The Morgan fingerprint density at radius 2 is 1.39 bits per heavy atom. The molecule has 0 aliphatic carbocycles. The highest BCUT2D eigenvalue weighted by molar-refractivity contribution is 8.11. The Bertz CT molecular complexity index is 464. The number of sulfone groups is 2. The van der Waals surface area contributed by atoms with Gasteiger partial charge in [0.1, 0.15) is 0 Å². The molecule has 0 aromatic rings. The molecule has 1 amide bonds. The van der Waals surface area contributed by atoms with Gasteiger partial charge in [0.25, 0.3) is 5.91 Å². The molecule has 1 N–H and O–H groups in total. The van der Waals surface area contributed by atoms with Crippen LogP contribution in [0.25, 0.3) is 0 Å². The van der Waals surface area contributed by atoms with Gasteiger partial charge in [0.15, 0.2) is 19.7 Å². The lowest BCUT2D eigenvalue weighted by Gasteiger charge is -2.26. The Balaban J connectivity index is 6.00. The zero-order chi connectivity index (χ0) is 14.6. The number of hydrogen-bond donors (Lipinski definition) is 1. The number of alkyl halides is 2. The fourth-order valence-electron chi connectivity index (χ4n) is 1.30. The average molecular weight is 340 g/mol. The fraction of sp³-hybridized carbons (Fsp3) is 0.875. The first kappa shape index (κ1) is 17.9. The van der Waals surface area contributed by atoms with Gasteiger partial charge in [-0.15, -0.1) is 23.2 Å². The maximum absolute atomic E-state index is 12.0. The predicted octanol–water partition coefficient (Wildman–Crippen LogP) is -0.244. The molecule has 0 aromatic carbocycles. The Labute approximate surface area is 117 Å². The van der Waals surface area contributed by atoms with Crippen molar-refractivity contribution in [1.82, 2.24) is 5.32 Å². The predicted molar refractivity (Wildman–Crippen MR) is 71.5 cm³/mol. The largest absolute Gasteiger partial charge is 0.357 e. The van der Waals surface area contributed by atoms with Crippen LogP contribution in [0.2, 0.25) is 0 Å². The molecule has 0 spiro atoms. The van der Waals surface area contributed by atoms with Crippen LogP contribution in [0.15, 0.2) is 0 Å². The molecule has 10 heteroatoms. The second kappa shape index (κ2) is 6.40. The van der Waals surface area contributed by atoms with Crippen LogP contribution in [-0.4, -0.2) is 57.1 Å². The summed E-state index contributed by atoms with van der Waals surface area (Å²) < 4.78 is 45.5. The van der Waals surface area contributed by atoms with Gasteiger partial charge >= 0.3 is 0 Å². The maximum Gasteiger partial charge on any atom is 0.256 e. The molecule has 0 saturated heterocycles. The monoisotopic (exact) mass is 339 g/mol. The van der Waals surface area contributed by atoms with E-state index < -0.39 is 41.2 Å². The smallest absolute Gasteiger partial charge is 0.256 e. The molecule has 0 rings (SSSR count). The molecule has 108 valence electrons. The van der Waals surface area contributed by atoms with Crippen LogP contribution in [0.5, 0.6) is 0 Å². The highest BCUT2D eigenvalue weighted by atomic mass is 35.5.